The Bertz CT molecular complexity index is 1900. The van der Waals surface area contributed by atoms with Crippen LogP contribution in [0.25, 0.3) is 10.9 Å². The number of hydrogen-bond donors (Lipinski definition) is 2. The number of urea groups is 1. The summed E-state index contributed by atoms with van der Waals surface area (Å²) in [6, 6.07) is 31.4. The van der Waals surface area contributed by atoms with Gasteiger partial charge in [-0.2, -0.15) is 0 Å². The highest BCUT2D eigenvalue weighted by Crippen LogP contribution is 2.45. The summed E-state index contributed by atoms with van der Waals surface area (Å²) < 4.78 is 0. The highest BCUT2D eigenvalue weighted by atomic mass is 16.2. The van der Waals surface area contributed by atoms with Crippen LogP contribution in [0.15, 0.2) is 103 Å². The third-order valence-electron chi connectivity index (χ3n) is 9.01. The predicted octanol–water partition coefficient (Wildman–Crippen LogP) is 6.71. The van der Waals surface area contributed by atoms with E-state index in [9.17, 15) is 14.4 Å². The Morgan fingerprint density at radius 3 is 2.43 bits per heavy atom. The fourth-order valence-electron chi connectivity index (χ4n) is 6.78. The lowest BCUT2D eigenvalue weighted by atomic mass is 9.87. The van der Waals surface area contributed by atoms with Gasteiger partial charge in [-0.1, -0.05) is 84.9 Å². The van der Waals surface area contributed by atoms with Crippen molar-refractivity contribution < 1.29 is 14.4 Å². The van der Waals surface area contributed by atoms with Crippen LogP contribution in [0.5, 0.6) is 0 Å². The molecule has 0 bridgehead atoms. The number of aryl methyl sites for hydroxylation is 2. The Balaban J connectivity index is 1.23. The van der Waals surface area contributed by atoms with Crippen molar-refractivity contribution in [1.82, 2.24) is 15.2 Å². The lowest BCUT2D eigenvalue weighted by Crippen LogP contribution is -2.44. The zero-order valence-corrected chi connectivity index (χ0v) is 24.8. The maximum absolute atomic E-state index is 14.4. The van der Waals surface area contributed by atoms with Gasteiger partial charge in [-0.15, -0.1) is 0 Å². The van der Waals surface area contributed by atoms with Gasteiger partial charge in [0.1, 0.15) is 12.1 Å². The first-order valence-electron chi connectivity index (χ1n) is 15.2. The van der Waals surface area contributed by atoms with Gasteiger partial charge in [0.05, 0.1) is 11.3 Å². The van der Waals surface area contributed by atoms with Gasteiger partial charge in [0.2, 0.25) is 0 Å². The molecule has 7 heteroatoms. The number of carbonyl (C=O) groups is 3. The molecule has 2 aliphatic heterocycles. The molecule has 0 saturated carbocycles. The zero-order valence-electron chi connectivity index (χ0n) is 24.8. The molecule has 0 aliphatic carbocycles. The van der Waals surface area contributed by atoms with Crippen LogP contribution < -0.4 is 10.2 Å². The zero-order chi connectivity index (χ0) is 30.4. The average molecular weight is 583 g/mol. The van der Waals surface area contributed by atoms with Crippen LogP contribution in [0.3, 0.4) is 0 Å². The second kappa shape index (κ2) is 11.2. The molecular weight excluding hydrogens is 548 g/mol. The van der Waals surface area contributed by atoms with Gasteiger partial charge in [0.25, 0.3) is 11.8 Å². The molecule has 1 saturated heterocycles. The highest BCUT2D eigenvalue weighted by Gasteiger charge is 2.53. The number of nitrogens with zero attached hydrogens (tertiary/aromatic N) is 2. The first-order valence-corrected chi connectivity index (χ1v) is 15.2. The normalized spacial score (nSPS) is 18.3. The van der Waals surface area contributed by atoms with Gasteiger partial charge in [0.15, 0.2) is 0 Å². The fraction of sp³-hybridized carbons (Fsp3) is 0.216. The Morgan fingerprint density at radius 1 is 0.909 bits per heavy atom. The molecule has 3 atom stereocenters. The van der Waals surface area contributed by atoms with Gasteiger partial charge >= 0.3 is 6.03 Å². The molecule has 4 aromatic carbocycles. The summed E-state index contributed by atoms with van der Waals surface area (Å²) in [5, 5.41) is 4.15. The largest absolute Gasteiger partial charge is 0.356 e. The van der Waals surface area contributed by atoms with Crippen LogP contribution in [0.2, 0.25) is 0 Å². The number of anilines is 1. The Hall–Kier alpha value is -5.17. The molecule has 1 aromatic heterocycles. The number of fused-ring (bicyclic) bond motifs is 4. The molecule has 220 valence electrons. The Labute approximate surface area is 256 Å². The molecule has 2 N–H and O–H groups in total. The molecule has 0 spiro atoms. The van der Waals surface area contributed by atoms with Crippen molar-refractivity contribution in [2.45, 2.75) is 51.2 Å². The molecule has 0 radical (unpaired) electrons. The van der Waals surface area contributed by atoms with Crippen LogP contribution in [-0.2, 0) is 17.6 Å². The summed E-state index contributed by atoms with van der Waals surface area (Å²) in [6.45, 7) is 4.00. The molecule has 4 amide bonds. The molecule has 2 aliphatic rings. The number of imide groups is 1. The molecule has 7 nitrogen and oxygen atoms in total. The van der Waals surface area contributed by atoms with Crippen LogP contribution >= 0.6 is 0 Å². The summed E-state index contributed by atoms with van der Waals surface area (Å²) >= 11 is 0. The molecule has 3 heterocycles. The fourth-order valence-corrected chi connectivity index (χ4v) is 6.78. The van der Waals surface area contributed by atoms with E-state index in [-0.39, 0.29) is 17.9 Å². The molecule has 44 heavy (non-hydrogen) atoms. The van der Waals surface area contributed by atoms with Crippen LogP contribution in [-0.4, -0.2) is 39.8 Å². The number of hydrogen-bond acceptors (Lipinski definition) is 3. The maximum atomic E-state index is 14.4. The summed E-state index contributed by atoms with van der Waals surface area (Å²) in [5.74, 6) is -0.625. The van der Waals surface area contributed by atoms with E-state index in [1.54, 1.807) is 29.2 Å². The molecular formula is C37H34N4O3. The summed E-state index contributed by atoms with van der Waals surface area (Å²) in [6.07, 6.45) is 1.99. The van der Waals surface area contributed by atoms with E-state index < -0.39 is 18.1 Å². The third kappa shape index (κ3) is 4.65. The van der Waals surface area contributed by atoms with E-state index in [2.05, 4.69) is 28.5 Å². The average Bonchev–Trinajstić information content (AvgIpc) is 3.54. The van der Waals surface area contributed by atoms with Crippen molar-refractivity contribution in [2.24, 2.45) is 0 Å². The van der Waals surface area contributed by atoms with E-state index in [0.717, 1.165) is 46.1 Å². The van der Waals surface area contributed by atoms with Crippen molar-refractivity contribution >= 4 is 34.4 Å². The SMILES string of the molecule is Cc1ccccc1[C@H]1c2[nH]c3ccccc3c2C[C@H]2C(=O)N(c3ccccc3C(=O)N[C@H](C)CCc3ccccc3)C(=O)N12. The van der Waals surface area contributed by atoms with Crippen molar-refractivity contribution in [1.29, 1.82) is 0 Å². The number of aromatic nitrogens is 1. The lowest BCUT2D eigenvalue weighted by molar-refractivity contribution is -0.120. The minimum atomic E-state index is -0.695. The molecule has 5 aromatic rings. The van der Waals surface area contributed by atoms with E-state index in [4.69, 9.17) is 0 Å². The predicted molar refractivity (Wildman–Crippen MR) is 172 cm³/mol. The second-order valence-electron chi connectivity index (χ2n) is 11.8. The smallest absolute Gasteiger partial charge is 0.332 e. The topological polar surface area (TPSA) is 85.5 Å². The first kappa shape index (κ1) is 27.7. The summed E-state index contributed by atoms with van der Waals surface area (Å²) in [7, 11) is 0. The second-order valence-corrected chi connectivity index (χ2v) is 11.8. The van der Waals surface area contributed by atoms with E-state index >= 15 is 0 Å². The van der Waals surface area contributed by atoms with E-state index in [1.165, 1.54) is 10.5 Å². The number of nitrogens with one attached hydrogen (secondary N) is 2. The van der Waals surface area contributed by atoms with Crippen molar-refractivity contribution in [3.63, 3.8) is 0 Å². The van der Waals surface area contributed by atoms with Crippen LogP contribution in [0, 0.1) is 6.92 Å². The monoisotopic (exact) mass is 582 g/mol. The first-order chi connectivity index (χ1) is 21.4. The van der Waals surface area contributed by atoms with Crippen molar-refractivity contribution in [3.8, 4) is 0 Å². The molecule has 7 rings (SSSR count). The maximum Gasteiger partial charge on any atom is 0.332 e. The minimum Gasteiger partial charge on any atom is -0.356 e. The van der Waals surface area contributed by atoms with Gasteiger partial charge in [-0.25, -0.2) is 9.69 Å². The van der Waals surface area contributed by atoms with Crippen molar-refractivity contribution in [2.75, 3.05) is 4.90 Å². The van der Waals surface area contributed by atoms with Crippen LogP contribution in [0.1, 0.15) is 57.7 Å². The van der Waals surface area contributed by atoms with Gasteiger partial charge in [-0.05, 0) is 67.1 Å². The lowest BCUT2D eigenvalue weighted by Gasteiger charge is -2.36. The van der Waals surface area contributed by atoms with Gasteiger partial charge < -0.3 is 10.3 Å². The summed E-state index contributed by atoms with van der Waals surface area (Å²) in [5.41, 5.74) is 6.78. The summed E-state index contributed by atoms with van der Waals surface area (Å²) in [4.78, 5) is 48.8. The number of aromatic amines is 1. The number of rotatable bonds is 7. The van der Waals surface area contributed by atoms with Crippen molar-refractivity contribution in [3.05, 3.63) is 137 Å². The van der Waals surface area contributed by atoms with Gasteiger partial charge in [-0.3, -0.25) is 14.5 Å². The van der Waals surface area contributed by atoms with Crippen LogP contribution in [0.4, 0.5) is 10.5 Å². The standard InChI is InChI=1S/C37H34N4O3/c1-23-12-6-7-15-26(23)34-33-29(27-16-8-10-18-30(27)39-33)22-32-36(43)41(37(44)40(32)34)31-19-11-9-17-28(31)35(42)38-24(2)20-21-25-13-4-3-5-14-25/h3-19,24,32,34,39H,20-22H2,1-2H3,(H,38,42)/t24-,32+,34+/m1/s1. The number of carbonyl (C=O) groups excluding carboxylic acids is 3. The Kier molecular flexibility index (Phi) is 7.01. The van der Waals surface area contributed by atoms with E-state index in [1.807, 2.05) is 74.5 Å². The number of amides is 4. The highest BCUT2D eigenvalue weighted by molar-refractivity contribution is 6.24. The molecule has 0 unspecified atom stereocenters. The van der Waals surface area contributed by atoms with Gasteiger partial charge in [0, 0.05) is 29.1 Å². The number of benzene rings is 4. The minimum absolute atomic E-state index is 0.101. The quantitative estimate of drug-likeness (QED) is 0.209. The third-order valence-corrected chi connectivity index (χ3v) is 9.01. The number of H-pyrrole nitrogens is 1. The Morgan fingerprint density at radius 2 is 1.61 bits per heavy atom. The molecule has 1 fully saturated rings. The van der Waals surface area contributed by atoms with E-state index in [0.29, 0.717) is 17.7 Å². The number of para-hydroxylation sites is 2.